The van der Waals surface area contributed by atoms with E-state index in [2.05, 4.69) is 40.2 Å². The van der Waals surface area contributed by atoms with Crippen molar-refractivity contribution in [3.63, 3.8) is 0 Å². The third-order valence-corrected chi connectivity index (χ3v) is 3.56. The topological polar surface area (TPSA) is 26.0 Å². The van der Waals surface area contributed by atoms with Gasteiger partial charge in [-0.1, -0.05) is 28.1 Å². The van der Waals surface area contributed by atoms with Crippen molar-refractivity contribution in [1.29, 1.82) is 0 Å². The van der Waals surface area contributed by atoms with Crippen molar-refractivity contribution < 1.29 is 0 Å². The van der Waals surface area contributed by atoms with Gasteiger partial charge in [-0.25, -0.2) is 0 Å². The molecule has 0 spiro atoms. The number of aryl methyl sites for hydroxylation is 1. The summed E-state index contributed by atoms with van der Waals surface area (Å²) < 4.78 is 1.18. The van der Waals surface area contributed by atoms with Gasteiger partial charge in [0, 0.05) is 4.47 Å². The molecule has 1 fully saturated rings. The number of halogens is 1. The quantitative estimate of drug-likeness (QED) is 0.878. The molecular weight excluding hydrogens is 238 g/mol. The maximum absolute atomic E-state index is 5.61. The van der Waals surface area contributed by atoms with Crippen LogP contribution < -0.4 is 5.73 Å². The lowest BCUT2D eigenvalue weighted by Crippen LogP contribution is -2.02. The minimum absolute atomic E-state index is 0.821. The van der Waals surface area contributed by atoms with Gasteiger partial charge in [0.1, 0.15) is 0 Å². The Morgan fingerprint density at radius 1 is 1.36 bits per heavy atom. The summed E-state index contributed by atoms with van der Waals surface area (Å²) in [5, 5.41) is 0. The minimum Gasteiger partial charge on any atom is -0.330 e. The molecule has 0 saturated heterocycles. The Kier molecular flexibility index (Phi) is 3.24. The summed E-state index contributed by atoms with van der Waals surface area (Å²) in [6.07, 6.45) is 3.85. The highest BCUT2D eigenvalue weighted by Crippen LogP contribution is 2.40. The first kappa shape index (κ1) is 10.2. The smallest absolute Gasteiger partial charge is 0.0177 e. The Bertz CT molecular complexity index is 311. The summed E-state index contributed by atoms with van der Waals surface area (Å²) in [6.45, 7) is 0.878. The second-order valence-electron chi connectivity index (χ2n) is 4.16. The number of nitrogens with two attached hydrogens (primary N) is 1. The van der Waals surface area contributed by atoms with Gasteiger partial charge < -0.3 is 5.73 Å². The molecule has 1 saturated carbocycles. The Labute approximate surface area is 93.8 Å². The van der Waals surface area contributed by atoms with Crippen LogP contribution in [0.4, 0.5) is 0 Å². The Morgan fingerprint density at radius 2 is 2.21 bits per heavy atom. The van der Waals surface area contributed by atoms with E-state index in [-0.39, 0.29) is 0 Å². The number of hydrogen-bond acceptors (Lipinski definition) is 1. The monoisotopic (exact) mass is 253 g/mol. The fraction of sp³-hybridized carbons (Fsp3) is 0.500. The van der Waals surface area contributed by atoms with Gasteiger partial charge in [-0.2, -0.15) is 0 Å². The zero-order chi connectivity index (χ0) is 9.97. The Hall–Kier alpha value is -0.340. The van der Waals surface area contributed by atoms with Crippen molar-refractivity contribution >= 4 is 15.9 Å². The molecule has 14 heavy (non-hydrogen) atoms. The molecule has 1 nitrogen and oxygen atoms in total. The molecule has 0 heterocycles. The second-order valence-corrected chi connectivity index (χ2v) is 5.08. The fourth-order valence-corrected chi connectivity index (χ4v) is 2.44. The van der Waals surface area contributed by atoms with Gasteiger partial charge in [-0.15, -0.1) is 0 Å². The van der Waals surface area contributed by atoms with Gasteiger partial charge in [0.05, 0.1) is 0 Å². The molecule has 0 aromatic heterocycles. The van der Waals surface area contributed by atoms with Crippen LogP contribution in [0.2, 0.25) is 0 Å². The van der Waals surface area contributed by atoms with Crippen molar-refractivity contribution in [2.75, 3.05) is 6.54 Å². The predicted molar refractivity (Wildman–Crippen MR) is 63.1 cm³/mol. The summed E-state index contributed by atoms with van der Waals surface area (Å²) >= 11 is 3.49. The molecular formula is C12H16BrN. The highest BCUT2D eigenvalue weighted by atomic mass is 79.9. The molecule has 76 valence electrons. The van der Waals surface area contributed by atoms with Crippen molar-refractivity contribution in [1.82, 2.24) is 0 Å². The second kappa shape index (κ2) is 4.45. The first-order valence-electron chi connectivity index (χ1n) is 5.24. The van der Waals surface area contributed by atoms with E-state index in [9.17, 15) is 0 Å². The molecule has 2 N–H and O–H groups in total. The van der Waals surface area contributed by atoms with Crippen molar-refractivity contribution in [2.45, 2.75) is 19.3 Å². The molecule has 0 radical (unpaired) electrons. The third kappa shape index (κ3) is 2.58. The van der Waals surface area contributed by atoms with E-state index in [0.717, 1.165) is 18.4 Å². The normalized spacial score (nSPS) is 25.0. The maximum atomic E-state index is 5.61. The molecule has 1 aromatic rings. The average molecular weight is 254 g/mol. The average Bonchev–Trinajstić information content (AvgIpc) is 2.93. The van der Waals surface area contributed by atoms with E-state index in [1.165, 1.54) is 29.3 Å². The van der Waals surface area contributed by atoms with Gasteiger partial charge in [-0.3, -0.25) is 0 Å². The van der Waals surface area contributed by atoms with E-state index < -0.39 is 0 Å². The number of hydrogen-bond donors (Lipinski definition) is 1. The standard InChI is InChI=1S/C12H16BrN/c13-12-3-1-2-9(6-12)4-5-10-7-11(10)8-14/h1-3,6,10-11H,4-5,7-8,14H2/t10-,11+/m1/s1. The maximum Gasteiger partial charge on any atom is 0.0177 e. The van der Waals surface area contributed by atoms with Crippen LogP contribution in [0.3, 0.4) is 0 Å². The highest BCUT2D eigenvalue weighted by Gasteiger charge is 2.34. The molecule has 1 aliphatic rings. The van der Waals surface area contributed by atoms with Gasteiger partial charge in [0.25, 0.3) is 0 Å². The summed E-state index contributed by atoms with van der Waals surface area (Å²) in [4.78, 5) is 0. The van der Waals surface area contributed by atoms with E-state index in [0.29, 0.717) is 0 Å². The number of rotatable bonds is 4. The van der Waals surface area contributed by atoms with E-state index in [4.69, 9.17) is 5.73 Å². The van der Waals surface area contributed by atoms with E-state index in [1.54, 1.807) is 0 Å². The van der Waals surface area contributed by atoms with Crippen LogP contribution in [-0.4, -0.2) is 6.54 Å². The summed E-state index contributed by atoms with van der Waals surface area (Å²) in [5.41, 5.74) is 7.04. The van der Waals surface area contributed by atoms with Crippen LogP contribution in [0.15, 0.2) is 28.7 Å². The van der Waals surface area contributed by atoms with Gasteiger partial charge in [0.2, 0.25) is 0 Å². The highest BCUT2D eigenvalue weighted by molar-refractivity contribution is 9.10. The van der Waals surface area contributed by atoms with Gasteiger partial charge >= 0.3 is 0 Å². The molecule has 2 heteroatoms. The zero-order valence-corrected chi connectivity index (χ0v) is 9.83. The first-order chi connectivity index (χ1) is 6.79. The van der Waals surface area contributed by atoms with Crippen LogP contribution in [0.5, 0.6) is 0 Å². The van der Waals surface area contributed by atoms with Crippen molar-refractivity contribution in [3.8, 4) is 0 Å². The molecule has 0 amide bonds. The summed E-state index contributed by atoms with van der Waals surface area (Å²) in [6, 6.07) is 8.58. The van der Waals surface area contributed by atoms with Crippen LogP contribution >= 0.6 is 15.9 Å². The number of benzene rings is 1. The van der Waals surface area contributed by atoms with E-state index >= 15 is 0 Å². The SMILES string of the molecule is NC[C@@H]1C[C@H]1CCc1cccc(Br)c1. The molecule has 0 bridgehead atoms. The molecule has 1 aromatic carbocycles. The molecule has 2 rings (SSSR count). The van der Waals surface area contributed by atoms with Crippen molar-refractivity contribution in [2.24, 2.45) is 17.6 Å². The largest absolute Gasteiger partial charge is 0.330 e. The van der Waals surface area contributed by atoms with Gasteiger partial charge in [-0.05, 0) is 55.3 Å². The van der Waals surface area contributed by atoms with Crippen molar-refractivity contribution in [3.05, 3.63) is 34.3 Å². The lowest BCUT2D eigenvalue weighted by atomic mass is 10.1. The van der Waals surface area contributed by atoms with Crippen LogP contribution in [-0.2, 0) is 6.42 Å². The predicted octanol–water partition coefficient (Wildman–Crippen LogP) is 2.98. The zero-order valence-electron chi connectivity index (χ0n) is 8.25. The molecule has 0 aliphatic heterocycles. The first-order valence-corrected chi connectivity index (χ1v) is 6.03. The lowest BCUT2D eigenvalue weighted by molar-refractivity contribution is 0.649. The molecule has 2 atom stereocenters. The lowest BCUT2D eigenvalue weighted by Gasteiger charge is -2.01. The molecule has 0 unspecified atom stereocenters. The third-order valence-electron chi connectivity index (χ3n) is 3.06. The Morgan fingerprint density at radius 3 is 2.86 bits per heavy atom. The van der Waals surface area contributed by atoms with Crippen LogP contribution in [0, 0.1) is 11.8 Å². The van der Waals surface area contributed by atoms with Crippen LogP contribution in [0.1, 0.15) is 18.4 Å². The van der Waals surface area contributed by atoms with Crippen LogP contribution in [0.25, 0.3) is 0 Å². The Balaban J connectivity index is 1.81. The minimum atomic E-state index is 0.821. The molecule has 1 aliphatic carbocycles. The fourth-order valence-electron chi connectivity index (χ4n) is 2.00. The van der Waals surface area contributed by atoms with E-state index in [1.807, 2.05) is 0 Å². The van der Waals surface area contributed by atoms with Gasteiger partial charge in [0.15, 0.2) is 0 Å². The summed E-state index contributed by atoms with van der Waals surface area (Å²) in [7, 11) is 0. The summed E-state index contributed by atoms with van der Waals surface area (Å²) in [5.74, 6) is 1.72.